The standard InChI is InChI=1S/C12H8ClFN2O/c13-10-5-8(12(15)17)6-16-11(10)7-2-1-3-9(14)4-7/h1-6H,(H2,15,17). The zero-order valence-electron chi connectivity index (χ0n) is 8.65. The predicted octanol–water partition coefficient (Wildman–Crippen LogP) is 2.64. The Balaban J connectivity index is 2.50. The Morgan fingerprint density at radius 2 is 2.12 bits per heavy atom. The Morgan fingerprint density at radius 1 is 1.35 bits per heavy atom. The smallest absolute Gasteiger partial charge is 0.250 e. The highest BCUT2D eigenvalue weighted by Gasteiger charge is 2.09. The third-order valence-corrected chi connectivity index (χ3v) is 2.51. The first-order chi connectivity index (χ1) is 8.08. The molecule has 17 heavy (non-hydrogen) atoms. The summed E-state index contributed by atoms with van der Waals surface area (Å²) < 4.78 is 13.0. The molecule has 1 aromatic carbocycles. The molecule has 2 aromatic rings. The fraction of sp³-hybridized carbons (Fsp3) is 0. The monoisotopic (exact) mass is 250 g/mol. The van der Waals surface area contributed by atoms with Gasteiger partial charge in [-0.05, 0) is 18.2 Å². The van der Waals surface area contributed by atoms with Gasteiger partial charge >= 0.3 is 0 Å². The van der Waals surface area contributed by atoms with Crippen LogP contribution >= 0.6 is 11.6 Å². The lowest BCUT2D eigenvalue weighted by molar-refractivity contribution is 0.1000. The van der Waals surface area contributed by atoms with E-state index in [4.69, 9.17) is 17.3 Å². The fourth-order valence-electron chi connectivity index (χ4n) is 1.42. The zero-order valence-corrected chi connectivity index (χ0v) is 9.41. The van der Waals surface area contributed by atoms with Crippen LogP contribution in [0.5, 0.6) is 0 Å². The van der Waals surface area contributed by atoms with E-state index in [2.05, 4.69) is 4.98 Å². The molecule has 0 saturated carbocycles. The minimum absolute atomic E-state index is 0.218. The minimum atomic E-state index is -0.606. The normalized spacial score (nSPS) is 10.2. The molecule has 1 heterocycles. The van der Waals surface area contributed by atoms with Crippen LogP contribution in [0, 0.1) is 5.82 Å². The molecule has 0 spiro atoms. The summed E-state index contributed by atoms with van der Waals surface area (Å²) in [5, 5.41) is 0.256. The number of rotatable bonds is 2. The predicted molar refractivity (Wildman–Crippen MR) is 63.2 cm³/mol. The summed E-state index contributed by atoms with van der Waals surface area (Å²) in [5.74, 6) is -0.982. The van der Waals surface area contributed by atoms with Crippen LogP contribution in [0.3, 0.4) is 0 Å². The van der Waals surface area contributed by atoms with Gasteiger partial charge in [-0.1, -0.05) is 23.7 Å². The summed E-state index contributed by atoms with van der Waals surface area (Å²) in [6.07, 6.45) is 1.31. The second-order valence-corrected chi connectivity index (χ2v) is 3.84. The maximum Gasteiger partial charge on any atom is 0.250 e. The first-order valence-corrected chi connectivity index (χ1v) is 5.17. The molecule has 0 unspecified atom stereocenters. The maximum atomic E-state index is 13.0. The molecule has 3 nitrogen and oxygen atoms in total. The highest BCUT2D eigenvalue weighted by molar-refractivity contribution is 6.33. The zero-order chi connectivity index (χ0) is 12.4. The summed E-state index contributed by atoms with van der Waals surface area (Å²) in [5.41, 5.74) is 6.28. The number of pyridine rings is 1. The molecular weight excluding hydrogens is 243 g/mol. The molecule has 0 bridgehead atoms. The van der Waals surface area contributed by atoms with Crippen LogP contribution in [0.25, 0.3) is 11.3 Å². The number of benzene rings is 1. The first-order valence-electron chi connectivity index (χ1n) is 4.79. The van der Waals surface area contributed by atoms with E-state index in [0.717, 1.165) is 0 Å². The van der Waals surface area contributed by atoms with E-state index in [0.29, 0.717) is 11.3 Å². The quantitative estimate of drug-likeness (QED) is 0.891. The third-order valence-electron chi connectivity index (χ3n) is 2.22. The van der Waals surface area contributed by atoms with Crippen molar-refractivity contribution in [3.05, 3.63) is 52.9 Å². The van der Waals surface area contributed by atoms with E-state index in [9.17, 15) is 9.18 Å². The van der Waals surface area contributed by atoms with Gasteiger partial charge in [0.25, 0.3) is 0 Å². The van der Waals surface area contributed by atoms with Crippen LogP contribution < -0.4 is 5.73 Å². The minimum Gasteiger partial charge on any atom is -0.366 e. The van der Waals surface area contributed by atoms with Crippen LogP contribution in [-0.2, 0) is 0 Å². The average Bonchev–Trinajstić information content (AvgIpc) is 2.28. The van der Waals surface area contributed by atoms with Crippen LogP contribution in [0.2, 0.25) is 5.02 Å². The number of nitrogens with zero attached hydrogens (tertiary/aromatic N) is 1. The number of halogens is 2. The first kappa shape index (κ1) is 11.5. The van der Waals surface area contributed by atoms with Gasteiger partial charge in [0.05, 0.1) is 16.3 Å². The lowest BCUT2D eigenvalue weighted by Gasteiger charge is -2.04. The van der Waals surface area contributed by atoms with Crippen molar-refractivity contribution in [3.8, 4) is 11.3 Å². The van der Waals surface area contributed by atoms with Gasteiger partial charge in [0, 0.05) is 11.8 Å². The summed E-state index contributed by atoms with van der Waals surface area (Å²) in [6, 6.07) is 7.30. The molecular formula is C12H8ClFN2O. The van der Waals surface area contributed by atoms with Crippen molar-refractivity contribution in [2.24, 2.45) is 5.73 Å². The molecule has 0 fully saturated rings. The van der Waals surface area contributed by atoms with Gasteiger partial charge in [-0.15, -0.1) is 0 Å². The van der Waals surface area contributed by atoms with Crippen molar-refractivity contribution < 1.29 is 9.18 Å². The Labute approximate surface area is 102 Å². The molecule has 0 aliphatic heterocycles. The van der Waals surface area contributed by atoms with Gasteiger partial charge in [-0.3, -0.25) is 9.78 Å². The average molecular weight is 251 g/mol. The molecule has 1 amide bonds. The van der Waals surface area contributed by atoms with Crippen molar-refractivity contribution in [2.75, 3.05) is 0 Å². The van der Waals surface area contributed by atoms with Crippen LogP contribution in [0.15, 0.2) is 36.5 Å². The molecule has 86 valence electrons. The van der Waals surface area contributed by atoms with E-state index >= 15 is 0 Å². The highest BCUT2D eigenvalue weighted by Crippen LogP contribution is 2.26. The summed E-state index contributed by atoms with van der Waals surface area (Å²) in [7, 11) is 0. The summed E-state index contributed by atoms with van der Waals surface area (Å²) in [4.78, 5) is 14.9. The number of carbonyl (C=O) groups excluding carboxylic acids is 1. The van der Waals surface area contributed by atoms with Crippen LogP contribution in [0.4, 0.5) is 4.39 Å². The highest BCUT2D eigenvalue weighted by atomic mass is 35.5. The lowest BCUT2D eigenvalue weighted by Crippen LogP contribution is -2.11. The SMILES string of the molecule is NC(=O)c1cnc(-c2cccc(F)c2)c(Cl)c1. The van der Waals surface area contributed by atoms with Gasteiger partial charge in [0.1, 0.15) is 5.82 Å². The number of amides is 1. The topological polar surface area (TPSA) is 56.0 Å². The molecule has 0 aliphatic rings. The number of hydrogen-bond donors (Lipinski definition) is 1. The fourth-order valence-corrected chi connectivity index (χ4v) is 1.70. The van der Waals surface area contributed by atoms with Crippen LogP contribution in [-0.4, -0.2) is 10.9 Å². The Morgan fingerprint density at radius 3 is 2.71 bits per heavy atom. The van der Waals surface area contributed by atoms with Crippen LogP contribution in [0.1, 0.15) is 10.4 Å². The van der Waals surface area contributed by atoms with Gasteiger partial charge in [0.15, 0.2) is 0 Å². The Kier molecular flexibility index (Phi) is 3.06. The second-order valence-electron chi connectivity index (χ2n) is 3.43. The second kappa shape index (κ2) is 4.51. The van der Waals surface area contributed by atoms with E-state index in [1.807, 2.05) is 0 Å². The summed E-state index contributed by atoms with van der Waals surface area (Å²) >= 11 is 5.97. The molecule has 5 heteroatoms. The number of carbonyl (C=O) groups is 1. The number of hydrogen-bond acceptors (Lipinski definition) is 2. The molecule has 1 aromatic heterocycles. The van der Waals surface area contributed by atoms with Gasteiger partial charge in [0.2, 0.25) is 5.91 Å². The maximum absolute atomic E-state index is 13.0. The number of nitrogens with two attached hydrogens (primary N) is 1. The molecule has 0 radical (unpaired) electrons. The largest absolute Gasteiger partial charge is 0.366 e. The van der Waals surface area contributed by atoms with Crippen molar-refractivity contribution in [3.63, 3.8) is 0 Å². The van der Waals surface area contributed by atoms with E-state index in [1.165, 1.54) is 24.4 Å². The van der Waals surface area contributed by atoms with Crippen molar-refractivity contribution in [2.45, 2.75) is 0 Å². The molecule has 0 atom stereocenters. The molecule has 0 saturated heterocycles. The molecule has 0 aliphatic carbocycles. The molecule has 2 N–H and O–H groups in total. The third kappa shape index (κ3) is 2.42. The number of aromatic nitrogens is 1. The van der Waals surface area contributed by atoms with E-state index < -0.39 is 5.91 Å². The Hall–Kier alpha value is -1.94. The number of primary amides is 1. The van der Waals surface area contributed by atoms with Gasteiger partial charge < -0.3 is 5.73 Å². The van der Waals surface area contributed by atoms with Crippen molar-refractivity contribution in [1.29, 1.82) is 0 Å². The van der Waals surface area contributed by atoms with E-state index in [1.54, 1.807) is 12.1 Å². The van der Waals surface area contributed by atoms with Gasteiger partial charge in [-0.25, -0.2) is 4.39 Å². The van der Waals surface area contributed by atoms with Crippen molar-refractivity contribution >= 4 is 17.5 Å². The Bertz CT molecular complexity index is 586. The summed E-state index contributed by atoms with van der Waals surface area (Å²) in [6.45, 7) is 0. The lowest BCUT2D eigenvalue weighted by atomic mass is 10.1. The molecule has 2 rings (SSSR count). The van der Waals surface area contributed by atoms with Gasteiger partial charge in [-0.2, -0.15) is 0 Å². The van der Waals surface area contributed by atoms with E-state index in [-0.39, 0.29) is 16.4 Å². The van der Waals surface area contributed by atoms with Crippen molar-refractivity contribution in [1.82, 2.24) is 4.98 Å².